The average Bonchev–Trinajstić information content (AvgIpc) is 2.60. The van der Waals surface area contributed by atoms with Crippen LogP contribution in [0.15, 0.2) is 0 Å². The highest BCUT2D eigenvalue weighted by Gasteiger charge is 2.15. The van der Waals surface area contributed by atoms with Crippen molar-refractivity contribution in [1.29, 1.82) is 0 Å². The van der Waals surface area contributed by atoms with E-state index in [1.54, 1.807) is 4.68 Å². The zero-order chi connectivity index (χ0) is 11.4. The zero-order valence-corrected chi connectivity index (χ0v) is 10.0. The van der Waals surface area contributed by atoms with E-state index in [9.17, 15) is 0 Å². The predicted molar refractivity (Wildman–Crippen MR) is 62.6 cm³/mol. The van der Waals surface area contributed by atoms with E-state index >= 15 is 0 Å². The van der Waals surface area contributed by atoms with E-state index in [4.69, 9.17) is 18.0 Å². The predicted octanol–water partition coefficient (Wildman–Crippen LogP) is -0.0414. The van der Waals surface area contributed by atoms with E-state index in [2.05, 4.69) is 15.5 Å². The summed E-state index contributed by atoms with van der Waals surface area (Å²) in [6.45, 7) is 5.59. The molecular formula is C8H16N6S. The SMILES string of the molecule is CCN(CC(C)C(N)=S)c1nnnn1C. The first-order valence-corrected chi connectivity index (χ1v) is 5.23. The molecule has 15 heavy (non-hydrogen) atoms. The number of thiocarbonyl (C=S) groups is 1. The molecule has 0 saturated carbocycles. The number of tetrazole rings is 1. The summed E-state index contributed by atoms with van der Waals surface area (Å²) in [5.74, 6) is 0.886. The van der Waals surface area contributed by atoms with Gasteiger partial charge in [0, 0.05) is 26.1 Å². The lowest BCUT2D eigenvalue weighted by Crippen LogP contribution is -2.35. The van der Waals surface area contributed by atoms with Gasteiger partial charge >= 0.3 is 0 Å². The van der Waals surface area contributed by atoms with E-state index in [-0.39, 0.29) is 5.92 Å². The Balaban J connectivity index is 2.73. The van der Waals surface area contributed by atoms with E-state index in [1.807, 2.05) is 25.8 Å². The van der Waals surface area contributed by atoms with Crippen LogP contribution in [0.2, 0.25) is 0 Å². The van der Waals surface area contributed by atoms with Crippen LogP contribution in [-0.2, 0) is 7.05 Å². The first kappa shape index (κ1) is 11.8. The lowest BCUT2D eigenvalue weighted by molar-refractivity contribution is 0.651. The van der Waals surface area contributed by atoms with Crippen molar-refractivity contribution in [3.63, 3.8) is 0 Å². The van der Waals surface area contributed by atoms with E-state index in [0.29, 0.717) is 4.99 Å². The highest BCUT2D eigenvalue weighted by atomic mass is 32.1. The molecule has 1 unspecified atom stereocenters. The summed E-state index contributed by atoms with van der Waals surface area (Å²) in [5.41, 5.74) is 5.58. The highest BCUT2D eigenvalue weighted by Crippen LogP contribution is 2.09. The number of anilines is 1. The van der Waals surface area contributed by atoms with Gasteiger partial charge in [0.05, 0.1) is 4.99 Å². The summed E-state index contributed by atoms with van der Waals surface area (Å²) < 4.78 is 1.63. The lowest BCUT2D eigenvalue weighted by Gasteiger charge is -2.23. The van der Waals surface area contributed by atoms with E-state index in [0.717, 1.165) is 19.0 Å². The van der Waals surface area contributed by atoms with Gasteiger partial charge in [-0.1, -0.05) is 24.2 Å². The molecule has 1 atom stereocenters. The molecule has 0 fully saturated rings. The number of hydrogen-bond donors (Lipinski definition) is 1. The largest absolute Gasteiger partial charge is 0.393 e. The molecule has 0 aliphatic heterocycles. The Labute approximate surface area is 94.4 Å². The first-order valence-electron chi connectivity index (χ1n) is 4.82. The normalized spacial score (nSPS) is 12.5. The van der Waals surface area contributed by atoms with E-state index < -0.39 is 0 Å². The van der Waals surface area contributed by atoms with Crippen LogP contribution < -0.4 is 10.6 Å². The average molecular weight is 228 g/mol. The lowest BCUT2D eigenvalue weighted by atomic mass is 10.2. The van der Waals surface area contributed by atoms with Crippen LogP contribution >= 0.6 is 12.2 Å². The zero-order valence-electron chi connectivity index (χ0n) is 9.21. The number of nitrogens with zero attached hydrogens (tertiary/aromatic N) is 5. The smallest absolute Gasteiger partial charge is 0.245 e. The fourth-order valence-corrected chi connectivity index (χ4v) is 1.34. The Morgan fingerprint density at radius 2 is 2.33 bits per heavy atom. The van der Waals surface area contributed by atoms with Crippen molar-refractivity contribution < 1.29 is 0 Å². The number of rotatable bonds is 5. The van der Waals surface area contributed by atoms with Crippen molar-refractivity contribution >= 4 is 23.2 Å². The van der Waals surface area contributed by atoms with Gasteiger partial charge in [0.1, 0.15) is 0 Å². The second-order valence-corrected chi connectivity index (χ2v) is 3.92. The van der Waals surface area contributed by atoms with Gasteiger partial charge in [-0.3, -0.25) is 0 Å². The summed E-state index contributed by atoms with van der Waals surface area (Å²) in [5, 5.41) is 11.3. The molecule has 1 aromatic rings. The third-order valence-corrected chi connectivity index (χ3v) is 2.64. The molecule has 0 spiro atoms. The maximum atomic E-state index is 5.58. The Morgan fingerprint density at radius 1 is 1.67 bits per heavy atom. The number of hydrogen-bond acceptors (Lipinski definition) is 5. The Kier molecular flexibility index (Phi) is 3.96. The maximum absolute atomic E-state index is 5.58. The molecule has 0 aromatic carbocycles. The van der Waals surface area contributed by atoms with Crippen molar-refractivity contribution in [3.05, 3.63) is 0 Å². The van der Waals surface area contributed by atoms with Gasteiger partial charge in [-0.25, -0.2) is 4.68 Å². The molecule has 6 nitrogen and oxygen atoms in total. The van der Waals surface area contributed by atoms with Gasteiger partial charge in [-0.2, -0.15) is 0 Å². The van der Waals surface area contributed by atoms with Crippen molar-refractivity contribution in [2.24, 2.45) is 18.7 Å². The standard InChI is InChI=1S/C8H16N6S/c1-4-14(5-6(2)7(9)15)8-10-11-12-13(8)3/h6H,4-5H2,1-3H3,(H2,9,15). The van der Waals surface area contributed by atoms with Gasteiger partial charge in [0.25, 0.3) is 0 Å². The fraction of sp³-hybridized carbons (Fsp3) is 0.750. The van der Waals surface area contributed by atoms with E-state index in [1.165, 1.54) is 0 Å². The van der Waals surface area contributed by atoms with Crippen molar-refractivity contribution in [3.8, 4) is 0 Å². The Hall–Kier alpha value is -1.24. The van der Waals surface area contributed by atoms with Crippen LogP contribution in [0.5, 0.6) is 0 Å². The number of nitrogens with two attached hydrogens (primary N) is 1. The third-order valence-electron chi connectivity index (χ3n) is 2.24. The minimum Gasteiger partial charge on any atom is -0.393 e. The topological polar surface area (TPSA) is 72.9 Å². The molecule has 0 aliphatic rings. The molecule has 0 aliphatic carbocycles. The first-order chi connectivity index (χ1) is 7.06. The van der Waals surface area contributed by atoms with Crippen LogP contribution in [-0.4, -0.2) is 38.3 Å². The second-order valence-electron chi connectivity index (χ2n) is 3.44. The molecular weight excluding hydrogens is 212 g/mol. The van der Waals surface area contributed by atoms with Gasteiger partial charge in [0.2, 0.25) is 5.95 Å². The van der Waals surface area contributed by atoms with Crippen LogP contribution in [0.4, 0.5) is 5.95 Å². The quantitative estimate of drug-likeness (QED) is 0.713. The molecule has 0 bridgehead atoms. The van der Waals surface area contributed by atoms with Gasteiger partial charge in [-0.05, 0) is 17.4 Å². The van der Waals surface area contributed by atoms with Crippen molar-refractivity contribution in [1.82, 2.24) is 20.2 Å². The second kappa shape index (κ2) is 5.01. The highest BCUT2D eigenvalue weighted by molar-refractivity contribution is 7.80. The van der Waals surface area contributed by atoms with Crippen molar-refractivity contribution in [2.75, 3.05) is 18.0 Å². The summed E-state index contributed by atoms with van der Waals surface area (Å²) in [6, 6.07) is 0. The minimum atomic E-state index is 0.150. The molecule has 1 heterocycles. The monoisotopic (exact) mass is 228 g/mol. The molecule has 0 amide bonds. The molecule has 0 radical (unpaired) electrons. The molecule has 2 N–H and O–H groups in total. The molecule has 1 rings (SSSR count). The summed E-state index contributed by atoms with van der Waals surface area (Å²) in [6.07, 6.45) is 0. The maximum Gasteiger partial charge on any atom is 0.245 e. The molecule has 1 aromatic heterocycles. The Bertz CT molecular complexity index is 336. The van der Waals surface area contributed by atoms with Crippen LogP contribution in [0.3, 0.4) is 0 Å². The van der Waals surface area contributed by atoms with Crippen LogP contribution in [0.1, 0.15) is 13.8 Å². The third kappa shape index (κ3) is 2.85. The molecule has 0 saturated heterocycles. The number of aromatic nitrogens is 4. The van der Waals surface area contributed by atoms with Crippen LogP contribution in [0.25, 0.3) is 0 Å². The van der Waals surface area contributed by atoms with Gasteiger partial charge < -0.3 is 10.6 Å². The fourth-order valence-electron chi connectivity index (χ4n) is 1.27. The van der Waals surface area contributed by atoms with Gasteiger partial charge in [0.15, 0.2) is 0 Å². The molecule has 7 heteroatoms. The summed E-state index contributed by atoms with van der Waals surface area (Å²) in [7, 11) is 1.81. The van der Waals surface area contributed by atoms with Gasteiger partial charge in [-0.15, -0.1) is 0 Å². The number of aryl methyl sites for hydroxylation is 1. The van der Waals surface area contributed by atoms with Crippen LogP contribution in [0, 0.1) is 5.92 Å². The minimum absolute atomic E-state index is 0.150. The van der Waals surface area contributed by atoms with Crippen molar-refractivity contribution in [2.45, 2.75) is 13.8 Å². The Morgan fingerprint density at radius 3 is 2.73 bits per heavy atom. The molecule has 84 valence electrons. The summed E-state index contributed by atoms with van der Waals surface area (Å²) >= 11 is 4.94. The summed E-state index contributed by atoms with van der Waals surface area (Å²) in [4.78, 5) is 2.56.